The average molecular weight is 424 g/mol. The van der Waals surface area contributed by atoms with E-state index in [0.29, 0.717) is 25.2 Å². The van der Waals surface area contributed by atoms with Gasteiger partial charge in [0.25, 0.3) is 0 Å². The number of para-hydroxylation sites is 1. The molecule has 1 N–H and O–H groups in total. The predicted octanol–water partition coefficient (Wildman–Crippen LogP) is 4.83. The van der Waals surface area contributed by atoms with E-state index >= 15 is 0 Å². The van der Waals surface area contributed by atoms with Gasteiger partial charge in [-0.2, -0.15) is 5.26 Å². The molecule has 0 saturated carbocycles. The summed E-state index contributed by atoms with van der Waals surface area (Å²) >= 11 is 0. The topological polar surface area (TPSA) is 69.1 Å². The minimum Gasteiger partial charge on any atom is -0.468 e. The molecule has 1 heterocycles. The molecule has 1 aromatic heterocycles. The molecule has 0 spiro atoms. The summed E-state index contributed by atoms with van der Waals surface area (Å²) < 4.78 is 5.23. The van der Waals surface area contributed by atoms with E-state index < -0.39 is 6.04 Å². The van der Waals surface area contributed by atoms with E-state index in [9.17, 15) is 10.1 Å². The summed E-state index contributed by atoms with van der Waals surface area (Å²) in [5.41, 5.74) is 4.43. The second-order valence-corrected chi connectivity index (χ2v) is 7.76. The highest BCUT2D eigenvalue weighted by Gasteiger charge is 2.29. The van der Waals surface area contributed by atoms with Crippen LogP contribution in [0.4, 0.5) is 0 Å². The van der Waals surface area contributed by atoms with Crippen LogP contribution >= 0.6 is 0 Å². The zero-order chi connectivity index (χ0) is 22.3. The SMILES string of the molecule is COC(=O)[C@H](Cc1c(C#N)[nH]c2ccccc12)N(Cc1ccccc1)Cc1ccccc1. The number of nitriles is 1. The molecule has 0 amide bonds. The Morgan fingerprint density at radius 3 is 2.06 bits per heavy atom. The molecule has 4 aromatic rings. The highest BCUT2D eigenvalue weighted by Crippen LogP contribution is 2.26. The van der Waals surface area contributed by atoms with Gasteiger partial charge >= 0.3 is 5.97 Å². The Morgan fingerprint density at radius 1 is 0.938 bits per heavy atom. The minimum atomic E-state index is -0.549. The molecule has 3 aromatic carbocycles. The molecule has 0 bridgehead atoms. The second kappa shape index (κ2) is 9.95. The van der Waals surface area contributed by atoms with E-state index in [1.54, 1.807) is 0 Å². The van der Waals surface area contributed by atoms with Gasteiger partial charge in [-0.15, -0.1) is 0 Å². The van der Waals surface area contributed by atoms with E-state index in [2.05, 4.69) is 40.2 Å². The Morgan fingerprint density at radius 2 is 1.50 bits per heavy atom. The highest BCUT2D eigenvalue weighted by molar-refractivity contribution is 5.87. The standard InChI is InChI=1S/C27H25N3O2/c1-32-27(31)26(16-23-22-14-8-9-15-24(22)29-25(23)17-28)30(18-20-10-4-2-5-11-20)19-21-12-6-3-7-13-21/h2-15,26,29H,16,18-19H2,1H3/t26-/m0/s1. The highest BCUT2D eigenvalue weighted by atomic mass is 16.5. The van der Waals surface area contributed by atoms with Gasteiger partial charge < -0.3 is 9.72 Å². The molecular formula is C27H25N3O2. The van der Waals surface area contributed by atoms with Gasteiger partial charge in [-0.1, -0.05) is 78.9 Å². The number of ether oxygens (including phenoxy) is 1. The molecule has 5 heteroatoms. The van der Waals surface area contributed by atoms with Gasteiger partial charge in [0.05, 0.1) is 7.11 Å². The number of carbonyl (C=O) groups excluding carboxylic acids is 1. The van der Waals surface area contributed by atoms with Gasteiger partial charge in [0.1, 0.15) is 17.8 Å². The zero-order valence-corrected chi connectivity index (χ0v) is 18.0. The monoisotopic (exact) mass is 423 g/mol. The van der Waals surface area contributed by atoms with Crippen molar-refractivity contribution in [1.82, 2.24) is 9.88 Å². The molecule has 0 unspecified atom stereocenters. The molecule has 0 aliphatic rings. The number of aromatic nitrogens is 1. The molecule has 0 fully saturated rings. The summed E-state index contributed by atoms with van der Waals surface area (Å²) in [7, 11) is 1.42. The molecule has 5 nitrogen and oxygen atoms in total. The number of aromatic amines is 1. The zero-order valence-electron chi connectivity index (χ0n) is 18.0. The number of methoxy groups -OCH3 is 1. The van der Waals surface area contributed by atoms with E-state index in [1.165, 1.54) is 7.11 Å². The van der Waals surface area contributed by atoms with Crippen molar-refractivity contribution in [2.24, 2.45) is 0 Å². The maximum atomic E-state index is 13.0. The van der Waals surface area contributed by atoms with E-state index in [4.69, 9.17) is 4.74 Å². The fraction of sp³-hybridized carbons (Fsp3) is 0.185. The molecule has 32 heavy (non-hydrogen) atoms. The Bertz CT molecular complexity index is 1180. The minimum absolute atomic E-state index is 0.314. The van der Waals surface area contributed by atoms with E-state index in [1.807, 2.05) is 60.7 Å². The first-order valence-corrected chi connectivity index (χ1v) is 10.6. The Kier molecular flexibility index (Phi) is 6.64. The van der Waals surface area contributed by atoms with E-state index in [-0.39, 0.29) is 5.97 Å². The first kappa shape index (κ1) is 21.4. The van der Waals surface area contributed by atoms with Crippen molar-refractivity contribution in [3.63, 3.8) is 0 Å². The number of carbonyl (C=O) groups is 1. The van der Waals surface area contributed by atoms with Crippen LogP contribution in [0.1, 0.15) is 22.4 Å². The molecule has 4 rings (SSSR count). The third kappa shape index (κ3) is 4.72. The number of rotatable bonds is 8. The summed E-state index contributed by atoms with van der Waals surface area (Å²) in [5.74, 6) is -0.314. The molecule has 1 atom stereocenters. The van der Waals surface area contributed by atoms with Crippen LogP contribution in [0.2, 0.25) is 0 Å². The number of hydrogen-bond acceptors (Lipinski definition) is 4. The number of benzene rings is 3. The van der Waals surface area contributed by atoms with Crippen molar-refractivity contribution in [3.8, 4) is 6.07 Å². The smallest absolute Gasteiger partial charge is 0.323 e. The lowest BCUT2D eigenvalue weighted by atomic mass is 10.00. The number of nitrogens with one attached hydrogen (secondary N) is 1. The van der Waals surface area contributed by atoms with Crippen molar-refractivity contribution in [1.29, 1.82) is 5.26 Å². The predicted molar refractivity (Wildman–Crippen MR) is 125 cm³/mol. The summed E-state index contributed by atoms with van der Waals surface area (Å²) in [6, 6.07) is 29.7. The third-order valence-corrected chi connectivity index (χ3v) is 5.69. The summed E-state index contributed by atoms with van der Waals surface area (Å²) in [6.07, 6.45) is 0.374. The van der Waals surface area contributed by atoms with Crippen LogP contribution in [0.5, 0.6) is 0 Å². The largest absolute Gasteiger partial charge is 0.468 e. The van der Waals surface area contributed by atoms with Gasteiger partial charge in [0, 0.05) is 30.4 Å². The Labute approximate surface area is 187 Å². The number of esters is 1. The molecule has 0 aliphatic heterocycles. The third-order valence-electron chi connectivity index (χ3n) is 5.69. The van der Waals surface area contributed by atoms with Gasteiger partial charge in [0.2, 0.25) is 0 Å². The Balaban J connectivity index is 1.74. The summed E-state index contributed by atoms with van der Waals surface area (Å²) in [4.78, 5) is 18.3. The van der Waals surface area contributed by atoms with Gasteiger partial charge in [-0.25, -0.2) is 0 Å². The lowest BCUT2D eigenvalue weighted by Crippen LogP contribution is -2.42. The van der Waals surface area contributed by atoms with Crippen LogP contribution in [-0.4, -0.2) is 29.0 Å². The van der Waals surface area contributed by atoms with Crippen LogP contribution in [0.15, 0.2) is 84.9 Å². The van der Waals surface area contributed by atoms with Crippen LogP contribution in [0.3, 0.4) is 0 Å². The fourth-order valence-corrected chi connectivity index (χ4v) is 4.11. The van der Waals surface area contributed by atoms with Crippen LogP contribution in [0.25, 0.3) is 10.9 Å². The number of hydrogen-bond donors (Lipinski definition) is 1. The quantitative estimate of drug-likeness (QED) is 0.412. The number of fused-ring (bicyclic) bond motifs is 1. The Hall–Kier alpha value is -3.88. The van der Waals surface area contributed by atoms with Crippen molar-refractivity contribution < 1.29 is 9.53 Å². The first-order chi connectivity index (χ1) is 15.7. The van der Waals surface area contributed by atoms with Gasteiger partial charge in [-0.05, 0) is 22.8 Å². The maximum absolute atomic E-state index is 13.0. The lowest BCUT2D eigenvalue weighted by molar-refractivity contribution is -0.147. The van der Waals surface area contributed by atoms with Gasteiger partial charge in [-0.3, -0.25) is 9.69 Å². The van der Waals surface area contributed by atoms with Crippen LogP contribution < -0.4 is 0 Å². The second-order valence-electron chi connectivity index (χ2n) is 7.76. The van der Waals surface area contributed by atoms with Crippen LogP contribution in [0, 0.1) is 11.3 Å². The normalized spacial score (nSPS) is 11.9. The maximum Gasteiger partial charge on any atom is 0.323 e. The molecule has 0 radical (unpaired) electrons. The molecule has 0 aliphatic carbocycles. The average Bonchev–Trinajstić information content (AvgIpc) is 3.20. The van der Waals surface area contributed by atoms with Crippen LogP contribution in [-0.2, 0) is 29.0 Å². The lowest BCUT2D eigenvalue weighted by Gasteiger charge is -2.30. The van der Waals surface area contributed by atoms with Crippen molar-refractivity contribution >= 4 is 16.9 Å². The number of nitrogens with zero attached hydrogens (tertiary/aromatic N) is 2. The van der Waals surface area contributed by atoms with Crippen molar-refractivity contribution in [2.45, 2.75) is 25.6 Å². The summed E-state index contributed by atoms with van der Waals surface area (Å²) in [6.45, 7) is 1.17. The summed E-state index contributed by atoms with van der Waals surface area (Å²) in [5, 5.41) is 10.7. The molecule has 0 saturated heterocycles. The molecular weight excluding hydrogens is 398 g/mol. The first-order valence-electron chi connectivity index (χ1n) is 10.6. The van der Waals surface area contributed by atoms with Crippen molar-refractivity contribution in [3.05, 3.63) is 107 Å². The number of H-pyrrole nitrogens is 1. The van der Waals surface area contributed by atoms with E-state index in [0.717, 1.165) is 27.6 Å². The van der Waals surface area contributed by atoms with Crippen molar-refractivity contribution in [2.75, 3.05) is 7.11 Å². The fourth-order valence-electron chi connectivity index (χ4n) is 4.11. The molecule has 160 valence electrons. The van der Waals surface area contributed by atoms with Gasteiger partial charge in [0.15, 0.2) is 0 Å².